The van der Waals surface area contributed by atoms with Crippen molar-refractivity contribution in [3.8, 4) is 0 Å². The third kappa shape index (κ3) is 2.58. The first-order chi connectivity index (χ1) is 7.49. The maximum absolute atomic E-state index is 11.9. The third-order valence-corrected chi connectivity index (χ3v) is 4.08. The number of hydrogen-bond donors (Lipinski definition) is 2. The van der Waals surface area contributed by atoms with Crippen LogP contribution in [-0.2, 0) is 10.0 Å². The van der Waals surface area contributed by atoms with Crippen LogP contribution >= 0.6 is 12.2 Å². The lowest BCUT2D eigenvalue weighted by atomic mass is 10.2. The Bertz CT molecular complexity index is 521. The van der Waals surface area contributed by atoms with Crippen molar-refractivity contribution >= 4 is 27.2 Å². The van der Waals surface area contributed by atoms with Gasteiger partial charge in [-0.1, -0.05) is 24.4 Å². The standard InChI is InChI=1S/C10H12N2O2S2/c11-10(15)7-2-1-3-9(6-7)16(13,14)12-8-4-5-8/h1-3,6,8,12H,4-5H2,(H2,11,15). The average molecular weight is 256 g/mol. The molecule has 0 atom stereocenters. The van der Waals surface area contributed by atoms with Crippen molar-refractivity contribution in [2.24, 2.45) is 5.73 Å². The zero-order valence-electron chi connectivity index (χ0n) is 8.51. The molecule has 0 heterocycles. The highest BCUT2D eigenvalue weighted by molar-refractivity contribution is 7.89. The van der Waals surface area contributed by atoms with Crippen LogP contribution in [-0.4, -0.2) is 19.4 Å². The van der Waals surface area contributed by atoms with Crippen molar-refractivity contribution in [3.05, 3.63) is 29.8 Å². The first-order valence-electron chi connectivity index (χ1n) is 4.91. The fourth-order valence-electron chi connectivity index (χ4n) is 1.31. The van der Waals surface area contributed by atoms with Gasteiger partial charge in [-0.3, -0.25) is 0 Å². The van der Waals surface area contributed by atoms with E-state index in [2.05, 4.69) is 4.72 Å². The average Bonchev–Trinajstić information content (AvgIpc) is 3.01. The van der Waals surface area contributed by atoms with Crippen LogP contribution in [0.4, 0.5) is 0 Å². The molecule has 1 aliphatic rings. The summed E-state index contributed by atoms with van der Waals surface area (Å²) in [4.78, 5) is 0.410. The highest BCUT2D eigenvalue weighted by Gasteiger charge is 2.27. The first kappa shape index (κ1) is 11.5. The van der Waals surface area contributed by atoms with E-state index in [1.807, 2.05) is 0 Å². The van der Waals surface area contributed by atoms with Crippen LogP contribution in [0.5, 0.6) is 0 Å². The van der Waals surface area contributed by atoms with E-state index in [0.717, 1.165) is 12.8 Å². The highest BCUT2D eigenvalue weighted by Crippen LogP contribution is 2.22. The maximum atomic E-state index is 11.9. The quantitative estimate of drug-likeness (QED) is 0.780. The summed E-state index contributed by atoms with van der Waals surface area (Å²) >= 11 is 4.81. The smallest absolute Gasteiger partial charge is 0.240 e. The molecule has 1 aliphatic carbocycles. The van der Waals surface area contributed by atoms with Crippen molar-refractivity contribution in [3.63, 3.8) is 0 Å². The lowest BCUT2D eigenvalue weighted by Gasteiger charge is -2.06. The molecule has 86 valence electrons. The highest BCUT2D eigenvalue weighted by atomic mass is 32.2. The van der Waals surface area contributed by atoms with Crippen LogP contribution in [0.2, 0.25) is 0 Å². The van der Waals surface area contributed by atoms with Gasteiger partial charge >= 0.3 is 0 Å². The maximum Gasteiger partial charge on any atom is 0.240 e. The Kier molecular flexibility index (Phi) is 2.96. The molecule has 0 aliphatic heterocycles. The van der Waals surface area contributed by atoms with Gasteiger partial charge in [-0.2, -0.15) is 0 Å². The van der Waals surface area contributed by atoms with Gasteiger partial charge in [0.1, 0.15) is 4.99 Å². The Morgan fingerprint density at radius 1 is 1.44 bits per heavy atom. The van der Waals surface area contributed by atoms with Crippen LogP contribution in [0.15, 0.2) is 29.2 Å². The molecule has 0 amide bonds. The summed E-state index contributed by atoms with van der Waals surface area (Å²) in [6.45, 7) is 0. The van der Waals surface area contributed by atoms with Crippen molar-refractivity contribution < 1.29 is 8.42 Å². The lowest BCUT2D eigenvalue weighted by Crippen LogP contribution is -2.26. The molecule has 16 heavy (non-hydrogen) atoms. The number of hydrogen-bond acceptors (Lipinski definition) is 3. The molecule has 3 N–H and O–H groups in total. The molecule has 0 spiro atoms. The molecular weight excluding hydrogens is 244 g/mol. The molecule has 1 saturated carbocycles. The SMILES string of the molecule is NC(=S)c1cccc(S(=O)(=O)NC2CC2)c1. The summed E-state index contributed by atoms with van der Waals surface area (Å²) in [5.74, 6) is 0. The second-order valence-corrected chi connectivity index (χ2v) is 5.94. The van der Waals surface area contributed by atoms with Crippen LogP contribution in [0.25, 0.3) is 0 Å². The second-order valence-electron chi connectivity index (χ2n) is 3.79. The summed E-state index contributed by atoms with van der Waals surface area (Å²) in [5, 5.41) is 0. The molecule has 0 unspecified atom stereocenters. The summed E-state index contributed by atoms with van der Waals surface area (Å²) in [5.41, 5.74) is 6.02. The minimum absolute atomic E-state index is 0.0958. The van der Waals surface area contributed by atoms with E-state index in [0.29, 0.717) is 5.56 Å². The molecule has 0 radical (unpaired) electrons. The fraction of sp³-hybridized carbons (Fsp3) is 0.300. The summed E-state index contributed by atoms with van der Waals surface area (Å²) < 4.78 is 26.3. The fourth-order valence-corrected chi connectivity index (χ4v) is 2.78. The minimum atomic E-state index is -3.42. The molecule has 1 aromatic carbocycles. The van der Waals surface area contributed by atoms with E-state index < -0.39 is 10.0 Å². The predicted molar refractivity (Wildman–Crippen MR) is 65.7 cm³/mol. The van der Waals surface area contributed by atoms with Crippen LogP contribution < -0.4 is 10.5 Å². The molecule has 0 bridgehead atoms. The summed E-state index contributed by atoms with van der Waals surface area (Å²) in [7, 11) is -3.42. The van der Waals surface area contributed by atoms with Gasteiger partial charge in [0.15, 0.2) is 0 Å². The van der Waals surface area contributed by atoms with Gasteiger partial charge in [0.05, 0.1) is 4.90 Å². The Morgan fingerprint density at radius 3 is 2.69 bits per heavy atom. The van der Waals surface area contributed by atoms with Crippen molar-refractivity contribution in [1.82, 2.24) is 4.72 Å². The van der Waals surface area contributed by atoms with Gasteiger partial charge in [0.2, 0.25) is 10.0 Å². The topological polar surface area (TPSA) is 72.2 Å². The van der Waals surface area contributed by atoms with E-state index in [9.17, 15) is 8.42 Å². The normalized spacial score (nSPS) is 16.0. The minimum Gasteiger partial charge on any atom is -0.389 e. The number of benzene rings is 1. The number of rotatable bonds is 4. The molecule has 4 nitrogen and oxygen atoms in total. The predicted octanol–water partition coefficient (Wildman–Crippen LogP) is 0.762. The van der Waals surface area contributed by atoms with Crippen molar-refractivity contribution in [2.45, 2.75) is 23.8 Å². The van der Waals surface area contributed by atoms with E-state index >= 15 is 0 Å². The summed E-state index contributed by atoms with van der Waals surface area (Å²) in [6, 6.07) is 6.45. The van der Waals surface area contributed by atoms with Gasteiger partial charge < -0.3 is 5.73 Å². The first-order valence-corrected chi connectivity index (χ1v) is 6.80. The van der Waals surface area contributed by atoms with Gasteiger partial charge in [-0.15, -0.1) is 0 Å². The monoisotopic (exact) mass is 256 g/mol. The van der Waals surface area contributed by atoms with Gasteiger partial charge in [0.25, 0.3) is 0 Å². The molecule has 0 aromatic heterocycles. The largest absolute Gasteiger partial charge is 0.389 e. The van der Waals surface area contributed by atoms with E-state index in [4.69, 9.17) is 18.0 Å². The molecular formula is C10H12N2O2S2. The second kappa shape index (κ2) is 4.12. The zero-order valence-corrected chi connectivity index (χ0v) is 10.1. The van der Waals surface area contributed by atoms with Gasteiger partial charge in [-0.25, -0.2) is 13.1 Å². The van der Waals surface area contributed by atoms with Gasteiger partial charge in [0, 0.05) is 11.6 Å². The van der Waals surface area contributed by atoms with Crippen LogP contribution in [0.3, 0.4) is 0 Å². The van der Waals surface area contributed by atoms with E-state index in [1.54, 1.807) is 12.1 Å². The van der Waals surface area contributed by atoms with Crippen molar-refractivity contribution in [1.29, 1.82) is 0 Å². The van der Waals surface area contributed by atoms with Crippen LogP contribution in [0, 0.1) is 0 Å². The number of thiocarbonyl (C=S) groups is 1. The Hall–Kier alpha value is -0.980. The molecule has 0 saturated heterocycles. The Morgan fingerprint density at radius 2 is 2.12 bits per heavy atom. The lowest BCUT2D eigenvalue weighted by molar-refractivity contribution is 0.581. The number of nitrogens with one attached hydrogen (secondary N) is 1. The number of sulfonamides is 1. The van der Waals surface area contributed by atoms with E-state index in [-0.39, 0.29) is 15.9 Å². The molecule has 6 heteroatoms. The van der Waals surface area contributed by atoms with Gasteiger partial charge in [-0.05, 0) is 25.0 Å². The zero-order chi connectivity index (χ0) is 11.8. The Labute approximate surface area is 99.9 Å². The third-order valence-electron chi connectivity index (χ3n) is 2.33. The van der Waals surface area contributed by atoms with Crippen molar-refractivity contribution in [2.75, 3.05) is 0 Å². The molecule has 1 fully saturated rings. The molecule has 1 aromatic rings. The van der Waals surface area contributed by atoms with E-state index in [1.165, 1.54) is 12.1 Å². The Balaban J connectivity index is 2.31. The summed E-state index contributed by atoms with van der Waals surface area (Å²) in [6.07, 6.45) is 1.82. The van der Waals surface area contributed by atoms with Crippen LogP contribution in [0.1, 0.15) is 18.4 Å². The number of nitrogens with two attached hydrogens (primary N) is 1. The molecule has 2 rings (SSSR count).